The molecule has 6 heteroatoms. The molecule has 0 amide bonds. The monoisotopic (exact) mass is 205 g/mol. The number of nitrogens with zero attached hydrogens (tertiary/aromatic N) is 1. The van der Waals surface area contributed by atoms with Gasteiger partial charge in [0.25, 0.3) is 0 Å². The highest BCUT2D eigenvalue weighted by Gasteiger charge is 2.07. The molecule has 0 spiro atoms. The maximum absolute atomic E-state index is 13.0. The van der Waals surface area contributed by atoms with Gasteiger partial charge >= 0.3 is 6.61 Å². The first kappa shape index (κ1) is 10.4. The Morgan fingerprint density at radius 2 is 2.14 bits per heavy atom. The van der Waals surface area contributed by atoms with E-state index >= 15 is 0 Å². The third-order valence-corrected chi connectivity index (χ3v) is 1.39. The van der Waals surface area contributed by atoms with Gasteiger partial charge in [-0.25, -0.2) is 4.39 Å². The zero-order valence-electron chi connectivity index (χ0n) is 6.82. The second-order valence-corrected chi connectivity index (χ2v) is 2.31. The van der Waals surface area contributed by atoms with Gasteiger partial charge in [0.15, 0.2) is 0 Å². The summed E-state index contributed by atoms with van der Waals surface area (Å²) in [7, 11) is 0. The first-order valence-corrected chi connectivity index (χ1v) is 3.55. The molecule has 0 radical (unpaired) electrons. The fourth-order valence-corrected chi connectivity index (χ4v) is 0.851. The molecule has 1 aromatic rings. The molecule has 1 N–H and O–H groups in total. The van der Waals surface area contributed by atoms with Crippen molar-refractivity contribution in [3.8, 4) is 5.75 Å². The summed E-state index contributed by atoms with van der Waals surface area (Å²) in [5, 5.41) is 10.7. The van der Waals surface area contributed by atoms with Crippen molar-refractivity contribution >= 4 is 6.21 Å². The SMILES string of the molecule is ON=Cc1ccc(OC(F)F)cc1F. The number of oxime groups is 1. The minimum atomic E-state index is -2.99. The second-order valence-electron chi connectivity index (χ2n) is 2.31. The van der Waals surface area contributed by atoms with E-state index in [4.69, 9.17) is 5.21 Å². The molecule has 0 atom stereocenters. The molecule has 1 aromatic carbocycles. The Balaban J connectivity index is 2.88. The van der Waals surface area contributed by atoms with Crippen LogP contribution in [0.1, 0.15) is 5.56 Å². The Kier molecular flexibility index (Phi) is 3.33. The van der Waals surface area contributed by atoms with Crippen LogP contribution in [-0.4, -0.2) is 18.0 Å². The van der Waals surface area contributed by atoms with E-state index in [1.807, 2.05) is 0 Å². The van der Waals surface area contributed by atoms with Gasteiger partial charge in [-0.15, -0.1) is 0 Å². The predicted octanol–water partition coefficient (Wildman–Crippen LogP) is 2.24. The lowest BCUT2D eigenvalue weighted by molar-refractivity contribution is -0.0499. The van der Waals surface area contributed by atoms with Crippen LogP contribution in [0, 0.1) is 5.82 Å². The number of ether oxygens (including phenoxy) is 1. The molecule has 0 fully saturated rings. The van der Waals surface area contributed by atoms with Crippen LogP contribution in [0.4, 0.5) is 13.2 Å². The first-order valence-electron chi connectivity index (χ1n) is 3.55. The lowest BCUT2D eigenvalue weighted by Crippen LogP contribution is -2.02. The van der Waals surface area contributed by atoms with E-state index in [1.54, 1.807) is 0 Å². The van der Waals surface area contributed by atoms with Crippen molar-refractivity contribution in [2.24, 2.45) is 5.16 Å². The lowest BCUT2D eigenvalue weighted by atomic mass is 10.2. The fourth-order valence-electron chi connectivity index (χ4n) is 0.851. The van der Waals surface area contributed by atoms with E-state index in [2.05, 4.69) is 9.89 Å². The summed E-state index contributed by atoms with van der Waals surface area (Å²) in [4.78, 5) is 0. The van der Waals surface area contributed by atoms with Crippen molar-refractivity contribution in [3.05, 3.63) is 29.6 Å². The highest BCUT2D eigenvalue weighted by atomic mass is 19.3. The Hall–Kier alpha value is -1.72. The van der Waals surface area contributed by atoms with Crippen LogP contribution in [0.2, 0.25) is 0 Å². The van der Waals surface area contributed by atoms with Crippen LogP contribution in [0.15, 0.2) is 23.4 Å². The third kappa shape index (κ3) is 2.65. The molecule has 0 aliphatic heterocycles. The Morgan fingerprint density at radius 1 is 1.43 bits per heavy atom. The molecule has 0 aromatic heterocycles. The summed E-state index contributed by atoms with van der Waals surface area (Å²) >= 11 is 0. The topological polar surface area (TPSA) is 41.8 Å². The quantitative estimate of drug-likeness (QED) is 0.467. The van der Waals surface area contributed by atoms with Crippen LogP contribution in [0.5, 0.6) is 5.75 Å². The highest BCUT2D eigenvalue weighted by Crippen LogP contribution is 2.17. The minimum Gasteiger partial charge on any atom is -0.435 e. The zero-order valence-corrected chi connectivity index (χ0v) is 6.82. The molecular weight excluding hydrogens is 199 g/mol. The summed E-state index contributed by atoms with van der Waals surface area (Å²) < 4.78 is 40.3. The van der Waals surface area contributed by atoms with Crippen LogP contribution in [0.3, 0.4) is 0 Å². The summed E-state index contributed by atoms with van der Waals surface area (Å²) in [6.07, 6.45) is 0.849. The third-order valence-electron chi connectivity index (χ3n) is 1.39. The molecule has 76 valence electrons. The Labute approximate surface area is 77.4 Å². The van der Waals surface area contributed by atoms with E-state index in [0.29, 0.717) is 0 Å². The van der Waals surface area contributed by atoms with E-state index in [9.17, 15) is 13.2 Å². The minimum absolute atomic E-state index is 0.0193. The van der Waals surface area contributed by atoms with E-state index < -0.39 is 12.4 Å². The van der Waals surface area contributed by atoms with Crippen molar-refractivity contribution in [2.45, 2.75) is 6.61 Å². The molecule has 0 heterocycles. The van der Waals surface area contributed by atoms with Gasteiger partial charge in [0.1, 0.15) is 11.6 Å². The maximum atomic E-state index is 13.0. The maximum Gasteiger partial charge on any atom is 0.387 e. The average Bonchev–Trinajstić information content (AvgIpc) is 2.09. The van der Waals surface area contributed by atoms with Crippen molar-refractivity contribution in [1.82, 2.24) is 0 Å². The van der Waals surface area contributed by atoms with E-state index in [-0.39, 0.29) is 11.3 Å². The van der Waals surface area contributed by atoms with Crippen molar-refractivity contribution in [3.63, 3.8) is 0 Å². The number of rotatable bonds is 3. The van der Waals surface area contributed by atoms with Gasteiger partial charge in [-0.3, -0.25) is 0 Å². The fraction of sp³-hybridized carbons (Fsp3) is 0.125. The van der Waals surface area contributed by atoms with Gasteiger partial charge in [-0.2, -0.15) is 8.78 Å². The molecule has 14 heavy (non-hydrogen) atoms. The van der Waals surface area contributed by atoms with Gasteiger partial charge < -0.3 is 9.94 Å². The number of hydrogen-bond acceptors (Lipinski definition) is 3. The highest BCUT2D eigenvalue weighted by molar-refractivity contribution is 5.79. The van der Waals surface area contributed by atoms with Gasteiger partial charge in [-0.1, -0.05) is 5.16 Å². The largest absolute Gasteiger partial charge is 0.435 e. The number of hydrogen-bond donors (Lipinski definition) is 1. The smallest absolute Gasteiger partial charge is 0.387 e. The molecular formula is C8H6F3NO2. The Morgan fingerprint density at radius 3 is 2.64 bits per heavy atom. The summed E-state index contributed by atoms with van der Waals surface area (Å²) in [6, 6.07) is 3.09. The summed E-state index contributed by atoms with van der Waals surface area (Å²) in [5.74, 6) is -1.09. The van der Waals surface area contributed by atoms with E-state index in [0.717, 1.165) is 24.4 Å². The first-order chi connectivity index (χ1) is 6.63. The average molecular weight is 205 g/mol. The van der Waals surface area contributed by atoms with Crippen molar-refractivity contribution < 1.29 is 23.1 Å². The normalized spacial score (nSPS) is 11.1. The second kappa shape index (κ2) is 4.50. The number of alkyl halides is 2. The van der Waals surface area contributed by atoms with Gasteiger partial charge in [0.05, 0.1) is 6.21 Å². The van der Waals surface area contributed by atoms with Gasteiger partial charge in [0.2, 0.25) is 0 Å². The number of halogens is 3. The number of benzene rings is 1. The molecule has 3 nitrogen and oxygen atoms in total. The zero-order chi connectivity index (χ0) is 10.6. The molecule has 0 saturated carbocycles. The summed E-state index contributed by atoms with van der Waals surface area (Å²) in [5.41, 5.74) is -0.0193. The molecule has 0 bridgehead atoms. The molecule has 1 rings (SSSR count). The Bertz CT molecular complexity index is 341. The lowest BCUT2D eigenvalue weighted by Gasteiger charge is -2.04. The molecule has 0 unspecified atom stereocenters. The van der Waals surface area contributed by atoms with Gasteiger partial charge in [0, 0.05) is 11.6 Å². The molecule has 0 aliphatic carbocycles. The summed E-state index contributed by atoms with van der Waals surface area (Å²) in [6.45, 7) is -2.99. The van der Waals surface area contributed by atoms with Crippen LogP contribution in [-0.2, 0) is 0 Å². The molecule has 0 aliphatic rings. The van der Waals surface area contributed by atoms with Crippen molar-refractivity contribution in [2.75, 3.05) is 0 Å². The molecule has 0 saturated heterocycles. The predicted molar refractivity (Wildman–Crippen MR) is 42.4 cm³/mol. The van der Waals surface area contributed by atoms with Crippen molar-refractivity contribution in [1.29, 1.82) is 0 Å². The van der Waals surface area contributed by atoms with Crippen LogP contribution in [0.25, 0.3) is 0 Å². The van der Waals surface area contributed by atoms with E-state index in [1.165, 1.54) is 0 Å². The standard InChI is InChI=1S/C8H6F3NO2/c9-7-3-6(14-8(10)11)2-1-5(7)4-12-13/h1-4,8,13H. The van der Waals surface area contributed by atoms with Crippen LogP contribution < -0.4 is 4.74 Å². The van der Waals surface area contributed by atoms with Gasteiger partial charge in [-0.05, 0) is 12.1 Å². The van der Waals surface area contributed by atoms with Crippen LogP contribution >= 0.6 is 0 Å².